The Morgan fingerprint density at radius 1 is 0.288 bits per heavy atom. The molecule has 4 heterocycles. The van der Waals surface area contributed by atoms with E-state index in [4.69, 9.17) is 21.2 Å². The van der Waals surface area contributed by atoms with Gasteiger partial charge in [0.25, 0.3) is 0 Å². The highest BCUT2D eigenvalue weighted by molar-refractivity contribution is 7.06. The third-order valence-corrected chi connectivity index (χ3v) is 40.4. The van der Waals surface area contributed by atoms with Gasteiger partial charge in [-0.3, -0.25) is 0 Å². The number of aromatic nitrogens is 2. The van der Waals surface area contributed by atoms with E-state index in [9.17, 15) is 0 Å². The van der Waals surface area contributed by atoms with Crippen LogP contribution in [0.3, 0.4) is 0 Å². The molecule has 0 fully saturated rings. The second kappa shape index (κ2) is 35.6. The summed E-state index contributed by atoms with van der Waals surface area (Å²) in [5.74, 6) is 0. The van der Waals surface area contributed by atoms with Crippen molar-refractivity contribution in [1.82, 2.24) is 9.13 Å². The molecule has 18 rings (SSSR count). The quantitative estimate of drug-likeness (QED) is 0.156. The SMILES string of the molecule is CC(C)(C)[Si](C)(C)C(C)(C)C.CC(C)(C)[Si](c1ccccc1)(c1ccccc1)C(C)(C)C.CC(C)(C)c1ccc(-n2c3ccccc3c3ccccc32)cc1.CC(C)(C)c1cccc(-n2c3ccccc3c3ccccc32)c1.[2H]c1c([2H])c(C)c([2H])c(-c2cccc3oc4cccc(C(C)(C)C)c4c23)c1[2H].[2H]c1c([2H])c([2H])c(-c2cccc3c2oc2c(C(C)(C)C)cccc23)c([2H])c1[2H]. The first kappa shape index (κ1) is 79.6. The Morgan fingerprint density at radius 3 is 1.14 bits per heavy atom. The minimum atomic E-state index is -1.95. The molecular weight excluding hydrogens is 1550 g/mol. The number of fused-ring (bicyclic) bond motifs is 12. The monoisotopic (exact) mass is 1690 g/mol. The van der Waals surface area contributed by atoms with Gasteiger partial charge in [-0.05, 0) is 143 Å². The second-order valence-corrected chi connectivity index (χ2v) is 54.3. The molecule has 0 aliphatic rings. The minimum absolute atomic E-state index is 0.0571. The van der Waals surface area contributed by atoms with Crippen molar-refractivity contribution < 1.29 is 21.2 Å². The van der Waals surface area contributed by atoms with Crippen LogP contribution in [-0.2, 0) is 21.7 Å². The van der Waals surface area contributed by atoms with Crippen LogP contribution < -0.4 is 10.4 Å². The summed E-state index contributed by atoms with van der Waals surface area (Å²) >= 11 is 0. The Balaban J connectivity index is 0.000000139. The van der Waals surface area contributed by atoms with Gasteiger partial charge < -0.3 is 18.0 Å². The number of furan rings is 2. The fourth-order valence-electron chi connectivity index (χ4n) is 18.4. The van der Waals surface area contributed by atoms with Crippen molar-refractivity contribution in [3.63, 3.8) is 0 Å². The lowest BCUT2D eigenvalue weighted by atomic mass is 9.83. The molecule has 4 nitrogen and oxygen atoms in total. The standard InChI is InChI=1S/C23H22O.2C22H21N.C22H20O.C20H28Si.C10H24Si/c1-15-8-5-9-16(14-15)17-10-6-12-19-21(17)22-18(23(2,3)4)11-7-13-20(22)24-19;1-22(2,3)16-9-8-10-17(15-16)23-20-13-6-4-11-18(20)19-12-5-7-14-21(19)23;1-22(2,3)16-12-14-17(15-13-16)23-20-10-6-4-8-18(20)19-9-5-7-11-21(19)23;1-22(2,3)19-14-8-13-18-17-12-7-11-16(20(17)23-21(18)19)15-9-5-4-6-10-15;1-19(2,3)21(20(4,5)6,17-13-9-7-10-14-17)18-15-11-8-12-16-18;1-9(2,3)11(7,8)10(4,5)6/h5-14H,1-4H3;2*4-15H,1-3H3;4-14H,1-3H3;7-16H,1-6H3;1-8H3/i5D,8D,9D,14D;;;4D,5D,6D,9D,10D;;. The topological polar surface area (TPSA) is 36.1 Å². The molecule has 4 aromatic heterocycles. The van der Waals surface area contributed by atoms with E-state index in [0.717, 1.165) is 43.8 Å². The van der Waals surface area contributed by atoms with Crippen molar-refractivity contribution in [2.24, 2.45) is 0 Å². The molecule has 14 aromatic carbocycles. The second-order valence-electron chi connectivity index (χ2n) is 42.4. The molecule has 125 heavy (non-hydrogen) atoms. The highest BCUT2D eigenvalue weighted by Gasteiger charge is 2.55. The molecule has 0 atom stereocenters. The summed E-state index contributed by atoms with van der Waals surface area (Å²) in [6.45, 7) is 61.8. The number of hydrogen-bond donors (Lipinski definition) is 0. The zero-order chi connectivity index (χ0) is 98.0. The van der Waals surface area contributed by atoms with Crippen molar-refractivity contribution in [1.29, 1.82) is 0 Å². The predicted octanol–water partition coefficient (Wildman–Crippen LogP) is 34.7. The van der Waals surface area contributed by atoms with E-state index in [1.54, 1.807) is 13.0 Å². The van der Waals surface area contributed by atoms with Crippen LogP contribution in [0.25, 0.3) is 121 Å². The van der Waals surface area contributed by atoms with Gasteiger partial charge in [0.15, 0.2) is 0 Å². The molecule has 0 N–H and O–H groups in total. The van der Waals surface area contributed by atoms with Crippen LogP contribution in [0, 0.1) is 6.92 Å². The molecule has 0 bridgehead atoms. The number of benzene rings is 14. The molecule has 642 valence electrons. The first-order chi connectivity index (χ1) is 62.6. The summed E-state index contributed by atoms with van der Waals surface area (Å²) in [7, 11) is -3.06. The van der Waals surface area contributed by atoms with Crippen LogP contribution in [0.15, 0.2) is 342 Å². The van der Waals surface area contributed by atoms with Crippen LogP contribution in [0.5, 0.6) is 0 Å². The number of nitrogens with zero attached hydrogens (tertiary/aromatic N) is 2. The number of hydrogen-bond acceptors (Lipinski definition) is 2. The van der Waals surface area contributed by atoms with E-state index >= 15 is 0 Å². The first-order valence-electron chi connectivity index (χ1n) is 48.9. The van der Waals surface area contributed by atoms with E-state index < -0.39 is 22.2 Å². The Hall–Kier alpha value is -11.3. The molecule has 0 saturated carbocycles. The van der Waals surface area contributed by atoms with Gasteiger partial charge in [-0.25, -0.2) is 0 Å². The Bertz CT molecular complexity index is 7110. The average Bonchev–Trinajstić information content (AvgIpc) is 1.12. The Kier molecular flexibility index (Phi) is 22.7. The lowest BCUT2D eigenvalue weighted by molar-refractivity contribution is 0.573. The van der Waals surface area contributed by atoms with Crippen LogP contribution in [0.4, 0.5) is 0 Å². The zero-order valence-corrected chi connectivity index (χ0v) is 81.3. The zero-order valence-electron chi connectivity index (χ0n) is 88.3. The number of para-hydroxylation sites is 6. The van der Waals surface area contributed by atoms with Crippen molar-refractivity contribution in [3.8, 4) is 33.6 Å². The average molecular weight is 1690 g/mol. The smallest absolute Gasteiger partial charge is 0.143 e. The van der Waals surface area contributed by atoms with E-state index in [-0.39, 0.29) is 85.6 Å². The molecule has 6 heteroatoms. The maximum atomic E-state index is 8.57. The van der Waals surface area contributed by atoms with Gasteiger partial charge in [0, 0.05) is 65.6 Å². The van der Waals surface area contributed by atoms with E-state index in [1.165, 1.54) is 76.5 Å². The maximum Gasteiger partial charge on any atom is 0.143 e. The van der Waals surface area contributed by atoms with Gasteiger partial charge in [0.1, 0.15) is 30.4 Å². The largest absolute Gasteiger partial charge is 0.456 e. The first-order valence-corrected chi connectivity index (χ1v) is 49.4. The molecule has 0 saturated heterocycles. The Labute approximate surface area is 762 Å². The van der Waals surface area contributed by atoms with Crippen LogP contribution >= 0.6 is 0 Å². The molecular formula is C119H136N2O2Si2. The predicted molar refractivity (Wildman–Crippen MR) is 554 cm³/mol. The normalized spacial score (nSPS) is 13.6. The molecule has 0 aliphatic carbocycles. The van der Waals surface area contributed by atoms with Gasteiger partial charge in [-0.2, -0.15) is 0 Å². The van der Waals surface area contributed by atoms with Crippen molar-refractivity contribution in [2.45, 2.75) is 228 Å². The molecule has 0 spiro atoms. The van der Waals surface area contributed by atoms with Gasteiger partial charge in [0.05, 0.1) is 42.5 Å². The molecule has 0 unspecified atom stereocenters. The van der Waals surface area contributed by atoms with Gasteiger partial charge in [-0.15, -0.1) is 0 Å². The van der Waals surface area contributed by atoms with Crippen molar-refractivity contribution in [2.75, 3.05) is 0 Å². The summed E-state index contributed by atoms with van der Waals surface area (Å²) in [6.07, 6.45) is 0. The van der Waals surface area contributed by atoms with Crippen molar-refractivity contribution in [3.05, 3.63) is 361 Å². The van der Waals surface area contributed by atoms with Crippen LogP contribution in [-0.4, -0.2) is 25.3 Å². The van der Waals surface area contributed by atoms with E-state index in [2.05, 4.69) is 401 Å². The van der Waals surface area contributed by atoms with E-state index in [0.29, 0.717) is 43.5 Å². The summed E-state index contributed by atoms with van der Waals surface area (Å²) in [5.41, 5.74) is 17.5. The summed E-state index contributed by atoms with van der Waals surface area (Å²) in [5, 5.41) is 13.5. The van der Waals surface area contributed by atoms with Gasteiger partial charge in [0.2, 0.25) is 0 Å². The van der Waals surface area contributed by atoms with Crippen LogP contribution in [0.2, 0.25) is 33.2 Å². The summed E-state index contributed by atoms with van der Waals surface area (Å²) in [4.78, 5) is 0. The molecule has 0 radical (unpaired) electrons. The molecule has 0 aliphatic heterocycles. The summed E-state index contributed by atoms with van der Waals surface area (Å²) < 4.78 is 90.7. The lowest BCUT2D eigenvalue weighted by Gasteiger charge is -2.52. The van der Waals surface area contributed by atoms with Crippen LogP contribution in [0.1, 0.15) is 206 Å². The lowest BCUT2D eigenvalue weighted by Crippen LogP contribution is -2.69. The van der Waals surface area contributed by atoms with E-state index in [1.807, 2.05) is 60.7 Å². The maximum absolute atomic E-state index is 8.57. The summed E-state index contributed by atoms with van der Waals surface area (Å²) in [6, 6.07) is 96.3. The highest BCUT2D eigenvalue weighted by atomic mass is 28.3. The number of rotatable bonds is 6. The molecule has 18 aromatic rings. The van der Waals surface area contributed by atoms with Gasteiger partial charge in [-0.1, -0.05) is 468 Å². The molecule has 0 amide bonds. The fourth-order valence-corrected chi connectivity index (χ4v) is 28.1. The highest BCUT2D eigenvalue weighted by Crippen LogP contribution is 2.53. The minimum Gasteiger partial charge on any atom is -0.456 e. The third-order valence-electron chi connectivity index (χ3n) is 26.0. The van der Waals surface area contributed by atoms with Crippen molar-refractivity contribution >= 4 is 114 Å². The third kappa shape index (κ3) is 18.9. The fraction of sp³-hybridized carbons (Fsp3) is 0.294. The van der Waals surface area contributed by atoms with Gasteiger partial charge >= 0.3 is 0 Å². The Morgan fingerprint density at radius 2 is 0.680 bits per heavy atom.